The first-order valence-electron chi connectivity index (χ1n) is 6.58. The van der Waals surface area contributed by atoms with Crippen LogP contribution in [0.15, 0.2) is 0 Å². The van der Waals surface area contributed by atoms with Crippen LogP contribution in [0.5, 0.6) is 0 Å². The minimum absolute atomic E-state index is 0.0634. The molecule has 0 aromatic carbocycles. The fourth-order valence-corrected chi connectivity index (χ4v) is 2.67. The van der Waals surface area contributed by atoms with Gasteiger partial charge in [0.2, 0.25) is 5.91 Å². The molecule has 1 unspecified atom stereocenters. The normalized spacial score (nSPS) is 28.5. The van der Waals surface area contributed by atoms with Crippen LogP contribution in [0.25, 0.3) is 0 Å². The van der Waals surface area contributed by atoms with Crippen LogP contribution >= 0.6 is 0 Å². The molecule has 1 amide bonds. The van der Waals surface area contributed by atoms with Crippen molar-refractivity contribution in [3.8, 4) is 0 Å². The number of nitrogens with zero attached hydrogens (tertiary/aromatic N) is 2. The largest absolute Gasteiger partial charge is 0.481 e. The van der Waals surface area contributed by atoms with Gasteiger partial charge in [-0.05, 0) is 33.1 Å². The van der Waals surface area contributed by atoms with E-state index in [9.17, 15) is 9.59 Å². The van der Waals surface area contributed by atoms with E-state index in [0.29, 0.717) is 12.5 Å². The Kier molecular flexibility index (Phi) is 3.36. The summed E-state index contributed by atoms with van der Waals surface area (Å²) in [6.07, 6.45) is 2.76. The van der Waals surface area contributed by atoms with Crippen LogP contribution in [0.3, 0.4) is 0 Å². The van der Waals surface area contributed by atoms with E-state index < -0.39 is 5.97 Å². The summed E-state index contributed by atoms with van der Waals surface area (Å²) in [5, 5.41) is 8.80. The van der Waals surface area contributed by atoms with E-state index in [1.807, 2.05) is 7.05 Å². The van der Waals surface area contributed by atoms with Crippen molar-refractivity contribution >= 4 is 11.9 Å². The smallest absolute Gasteiger partial charge is 0.303 e. The minimum atomic E-state index is -0.828. The Labute approximate surface area is 108 Å². The zero-order chi connectivity index (χ0) is 13.5. The molecule has 1 saturated heterocycles. The zero-order valence-electron chi connectivity index (χ0n) is 11.3. The molecule has 1 saturated carbocycles. The highest BCUT2D eigenvalue weighted by Gasteiger charge is 2.47. The number of carboxylic acid groups (broad SMARTS) is 1. The molecule has 0 aromatic heterocycles. The van der Waals surface area contributed by atoms with Gasteiger partial charge in [-0.1, -0.05) is 0 Å². The number of hydrogen-bond acceptors (Lipinski definition) is 3. The molecule has 0 bridgehead atoms. The maximum Gasteiger partial charge on any atom is 0.303 e. The number of piperazine rings is 1. The molecule has 18 heavy (non-hydrogen) atoms. The number of carbonyl (C=O) groups is 2. The summed E-state index contributed by atoms with van der Waals surface area (Å²) < 4.78 is 0. The molecule has 102 valence electrons. The van der Waals surface area contributed by atoms with E-state index in [1.165, 1.54) is 0 Å². The summed E-state index contributed by atoms with van der Waals surface area (Å²) in [7, 11) is 1.82. The highest BCUT2D eigenvalue weighted by atomic mass is 16.4. The van der Waals surface area contributed by atoms with E-state index in [1.54, 1.807) is 4.90 Å². The summed E-state index contributed by atoms with van der Waals surface area (Å²) in [5.74, 6) is -0.759. The quantitative estimate of drug-likeness (QED) is 0.811. The van der Waals surface area contributed by atoms with Crippen LogP contribution in [0, 0.1) is 0 Å². The second-order valence-corrected chi connectivity index (χ2v) is 6.06. The predicted octanol–water partition coefficient (Wildman–Crippen LogP) is 0.935. The van der Waals surface area contributed by atoms with Gasteiger partial charge in [-0.2, -0.15) is 0 Å². The average Bonchev–Trinajstić information content (AvgIpc) is 3.08. The van der Waals surface area contributed by atoms with Crippen molar-refractivity contribution in [1.29, 1.82) is 0 Å². The third kappa shape index (κ3) is 2.51. The molecule has 2 aliphatic rings. The Morgan fingerprint density at radius 2 is 2.06 bits per heavy atom. The van der Waals surface area contributed by atoms with Crippen LogP contribution < -0.4 is 0 Å². The minimum Gasteiger partial charge on any atom is -0.481 e. The van der Waals surface area contributed by atoms with Gasteiger partial charge in [0.05, 0.1) is 6.04 Å². The third-order valence-corrected chi connectivity index (χ3v) is 4.14. The van der Waals surface area contributed by atoms with Gasteiger partial charge in [0.25, 0.3) is 0 Å². The lowest BCUT2D eigenvalue weighted by atomic mass is 9.93. The van der Waals surface area contributed by atoms with Gasteiger partial charge in [0.1, 0.15) is 0 Å². The van der Waals surface area contributed by atoms with Gasteiger partial charge in [-0.25, -0.2) is 0 Å². The molecule has 5 heteroatoms. The van der Waals surface area contributed by atoms with Crippen molar-refractivity contribution in [2.24, 2.45) is 0 Å². The van der Waals surface area contributed by atoms with Crippen molar-refractivity contribution in [3.05, 3.63) is 0 Å². The molecular formula is C13H22N2O3. The van der Waals surface area contributed by atoms with Gasteiger partial charge in [-0.15, -0.1) is 0 Å². The Balaban J connectivity index is 2.13. The molecule has 1 aliphatic heterocycles. The molecule has 2 rings (SSSR count). The summed E-state index contributed by atoms with van der Waals surface area (Å²) in [6.45, 7) is 4.96. The van der Waals surface area contributed by atoms with Gasteiger partial charge in [-0.3, -0.25) is 14.5 Å². The predicted molar refractivity (Wildman–Crippen MR) is 67.2 cm³/mol. The summed E-state index contributed by atoms with van der Waals surface area (Å²) in [4.78, 5) is 27.1. The standard InChI is InChI=1S/C13H22N2O3/c1-13(2)8-15(9-4-5-9)10(6-7-11(16)17)12(18)14(13)3/h9-10H,4-8H2,1-3H3,(H,16,17). The molecule has 1 atom stereocenters. The van der Waals surface area contributed by atoms with Gasteiger partial charge >= 0.3 is 5.97 Å². The van der Waals surface area contributed by atoms with E-state index in [0.717, 1.165) is 19.4 Å². The van der Waals surface area contributed by atoms with Crippen LogP contribution in [-0.2, 0) is 9.59 Å². The monoisotopic (exact) mass is 254 g/mol. The van der Waals surface area contributed by atoms with Crippen LogP contribution in [-0.4, -0.2) is 58.0 Å². The number of carbonyl (C=O) groups excluding carboxylic acids is 1. The molecule has 1 heterocycles. The Bertz CT molecular complexity index is 363. The molecule has 0 radical (unpaired) electrons. The van der Waals surface area contributed by atoms with Crippen LogP contribution in [0.2, 0.25) is 0 Å². The lowest BCUT2D eigenvalue weighted by Gasteiger charge is -2.49. The van der Waals surface area contributed by atoms with Crippen molar-refractivity contribution in [2.75, 3.05) is 13.6 Å². The Morgan fingerprint density at radius 3 is 2.56 bits per heavy atom. The first-order chi connectivity index (χ1) is 8.33. The topological polar surface area (TPSA) is 60.9 Å². The van der Waals surface area contributed by atoms with E-state index in [2.05, 4.69) is 18.7 Å². The number of aliphatic carboxylic acids is 1. The van der Waals surface area contributed by atoms with E-state index in [-0.39, 0.29) is 23.9 Å². The lowest BCUT2D eigenvalue weighted by Crippen LogP contribution is -2.65. The molecular weight excluding hydrogens is 232 g/mol. The first-order valence-corrected chi connectivity index (χ1v) is 6.58. The number of hydrogen-bond donors (Lipinski definition) is 1. The maximum absolute atomic E-state index is 12.4. The summed E-state index contributed by atoms with van der Waals surface area (Å²) in [6, 6.07) is 0.243. The highest BCUT2D eigenvalue weighted by molar-refractivity contribution is 5.84. The van der Waals surface area contributed by atoms with Crippen molar-refractivity contribution < 1.29 is 14.7 Å². The van der Waals surface area contributed by atoms with Gasteiger partial charge in [0, 0.05) is 31.6 Å². The SMILES string of the molecule is CN1C(=O)C(CCC(=O)O)N(C2CC2)CC1(C)C. The molecule has 5 nitrogen and oxygen atoms in total. The van der Waals surface area contributed by atoms with E-state index >= 15 is 0 Å². The second kappa shape index (κ2) is 4.53. The van der Waals surface area contributed by atoms with Crippen molar-refractivity contribution in [3.63, 3.8) is 0 Å². The fourth-order valence-electron chi connectivity index (χ4n) is 2.67. The summed E-state index contributed by atoms with van der Waals surface area (Å²) >= 11 is 0. The third-order valence-electron chi connectivity index (χ3n) is 4.14. The Hall–Kier alpha value is -1.10. The number of rotatable bonds is 4. The lowest BCUT2D eigenvalue weighted by molar-refractivity contribution is -0.150. The van der Waals surface area contributed by atoms with Crippen LogP contribution in [0.1, 0.15) is 39.5 Å². The number of carboxylic acids is 1. The van der Waals surface area contributed by atoms with Crippen molar-refractivity contribution in [2.45, 2.75) is 57.2 Å². The van der Waals surface area contributed by atoms with Crippen LogP contribution in [0.4, 0.5) is 0 Å². The highest BCUT2D eigenvalue weighted by Crippen LogP contribution is 2.36. The van der Waals surface area contributed by atoms with Crippen molar-refractivity contribution in [1.82, 2.24) is 9.80 Å². The zero-order valence-corrected chi connectivity index (χ0v) is 11.3. The fraction of sp³-hybridized carbons (Fsp3) is 0.846. The number of likely N-dealkylation sites (N-methyl/N-ethyl adjacent to an activating group) is 1. The van der Waals surface area contributed by atoms with Gasteiger partial charge < -0.3 is 10.0 Å². The second-order valence-electron chi connectivity index (χ2n) is 6.06. The first kappa shape index (κ1) is 13.3. The average molecular weight is 254 g/mol. The molecule has 1 N–H and O–H groups in total. The number of amides is 1. The van der Waals surface area contributed by atoms with Gasteiger partial charge in [0.15, 0.2) is 0 Å². The van der Waals surface area contributed by atoms with E-state index in [4.69, 9.17) is 5.11 Å². The molecule has 2 fully saturated rings. The Morgan fingerprint density at radius 1 is 1.44 bits per heavy atom. The molecule has 0 aromatic rings. The summed E-state index contributed by atoms with van der Waals surface area (Å²) in [5.41, 5.74) is -0.167. The maximum atomic E-state index is 12.4. The molecule has 1 aliphatic carbocycles. The molecule has 0 spiro atoms.